The maximum Gasteiger partial charge on any atom is 0.236 e. The summed E-state index contributed by atoms with van der Waals surface area (Å²) in [7, 11) is -2.92. The van der Waals surface area contributed by atoms with Crippen LogP contribution in [0.1, 0.15) is 18.4 Å². The van der Waals surface area contributed by atoms with E-state index >= 15 is 0 Å². The number of halogens is 1. The molecule has 0 aliphatic carbocycles. The first-order valence-corrected chi connectivity index (χ1v) is 10.2. The Morgan fingerprint density at radius 2 is 2.23 bits per heavy atom. The number of carbonyl (C=O) groups excluding carboxylic acids is 1. The lowest BCUT2D eigenvalue weighted by Gasteiger charge is -2.29. The van der Waals surface area contributed by atoms with E-state index in [0.29, 0.717) is 18.7 Å². The second-order valence-corrected chi connectivity index (χ2v) is 9.28. The Kier molecular flexibility index (Phi) is 4.45. The van der Waals surface area contributed by atoms with Crippen LogP contribution in [-0.2, 0) is 21.1 Å². The van der Waals surface area contributed by atoms with Crippen molar-refractivity contribution in [2.24, 2.45) is 0 Å². The Bertz CT molecular complexity index is 690. The van der Waals surface area contributed by atoms with E-state index in [2.05, 4.69) is 0 Å². The van der Waals surface area contributed by atoms with Crippen molar-refractivity contribution in [3.63, 3.8) is 0 Å². The summed E-state index contributed by atoms with van der Waals surface area (Å²) in [5, 5.41) is 0.00530. The molecule has 0 aromatic heterocycles. The maximum absolute atomic E-state index is 13.4. The molecule has 4 nitrogen and oxygen atoms in total. The molecule has 2 aliphatic heterocycles. The average molecular weight is 343 g/mol. The molecule has 1 amide bonds. The van der Waals surface area contributed by atoms with Crippen LogP contribution >= 0.6 is 11.8 Å². The second kappa shape index (κ2) is 6.20. The van der Waals surface area contributed by atoms with Gasteiger partial charge in [-0.3, -0.25) is 4.79 Å². The standard InChI is InChI=1S/C15H18FNO3S2/c16-12-4-3-11-2-1-6-17(14(11)8-12)15(18)9-21-13-5-7-22(19,20)10-13/h3-4,8,13H,1-2,5-7,9-10H2. The fourth-order valence-electron chi connectivity index (χ4n) is 2.97. The van der Waals surface area contributed by atoms with Crippen molar-refractivity contribution in [1.29, 1.82) is 0 Å². The van der Waals surface area contributed by atoms with Crippen LogP contribution in [0, 0.1) is 5.82 Å². The number of fused-ring (bicyclic) bond motifs is 1. The summed E-state index contributed by atoms with van der Waals surface area (Å²) in [6.45, 7) is 0.596. The molecule has 0 saturated carbocycles. The molecule has 2 aliphatic rings. The highest BCUT2D eigenvalue weighted by atomic mass is 32.2. The molecule has 0 spiro atoms. The molecular weight excluding hydrogens is 325 g/mol. The van der Waals surface area contributed by atoms with Crippen LogP contribution in [0.25, 0.3) is 0 Å². The monoisotopic (exact) mass is 343 g/mol. The van der Waals surface area contributed by atoms with Gasteiger partial charge in [-0.1, -0.05) is 6.07 Å². The van der Waals surface area contributed by atoms with Crippen molar-refractivity contribution in [2.45, 2.75) is 24.5 Å². The highest BCUT2D eigenvalue weighted by Gasteiger charge is 2.30. The number of benzene rings is 1. The molecule has 1 fully saturated rings. The summed E-state index contributed by atoms with van der Waals surface area (Å²) >= 11 is 1.40. The largest absolute Gasteiger partial charge is 0.311 e. The summed E-state index contributed by atoms with van der Waals surface area (Å²) in [4.78, 5) is 14.1. The van der Waals surface area contributed by atoms with Crippen molar-refractivity contribution >= 4 is 33.2 Å². The van der Waals surface area contributed by atoms with Crippen LogP contribution in [-0.4, -0.2) is 43.4 Å². The Balaban J connectivity index is 1.65. The van der Waals surface area contributed by atoms with Crippen molar-refractivity contribution < 1.29 is 17.6 Å². The molecule has 1 aromatic carbocycles. The van der Waals surface area contributed by atoms with Gasteiger partial charge in [0.2, 0.25) is 5.91 Å². The van der Waals surface area contributed by atoms with Gasteiger partial charge in [-0.25, -0.2) is 12.8 Å². The van der Waals surface area contributed by atoms with Crippen LogP contribution in [0.2, 0.25) is 0 Å². The van der Waals surface area contributed by atoms with Crippen molar-refractivity contribution in [3.8, 4) is 0 Å². The number of hydrogen-bond acceptors (Lipinski definition) is 4. The fraction of sp³-hybridized carbons (Fsp3) is 0.533. The van der Waals surface area contributed by atoms with Crippen molar-refractivity contribution in [3.05, 3.63) is 29.6 Å². The van der Waals surface area contributed by atoms with Gasteiger partial charge in [0.1, 0.15) is 5.82 Å². The van der Waals surface area contributed by atoms with Gasteiger partial charge in [-0.2, -0.15) is 0 Å². The maximum atomic E-state index is 13.4. The van der Waals surface area contributed by atoms with Crippen LogP contribution < -0.4 is 4.90 Å². The summed E-state index contributed by atoms with van der Waals surface area (Å²) in [5.41, 5.74) is 1.66. The van der Waals surface area contributed by atoms with E-state index in [0.717, 1.165) is 18.4 Å². The Hall–Kier alpha value is -1.08. The predicted octanol–water partition coefficient (Wildman–Crippen LogP) is 2.03. The van der Waals surface area contributed by atoms with Gasteiger partial charge in [-0.05, 0) is 37.0 Å². The fourth-order valence-corrected chi connectivity index (χ4v) is 6.48. The molecule has 1 atom stereocenters. The third-order valence-electron chi connectivity index (χ3n) is 4.10. The molecule has 0 radical (unpaired) electrons. The zero-order valence-corrected chi connectivity index (χ0v) is 13.8. The Morgan fingerprint density at radius 3 is 2.95 bits per heavy atom. The lowest BCUT2D eigenvalue weighted by molar-refractivity contribution is -0.116. The lowest BCUT2D eigenvalue weighted by Crippen LogP contribution is -2.37. The number of anilines is 1. The third kappa shape index (κ3) is 3.46. The van der Waals surface area contributed by atoms with E-state index in [-0.39, 0.29) is 34.2 Å². The molecule has 3 rings (SSSR count). The summed E-state index contributed by atoms with van der Waals surface area (Å²) in [6, 6.07) is 4.57. The number of rotatable bonds is 3. The van der Waals surface area contributed by atoms with Gasteiger partial charge in [0.25, 0.3) is 0 Å². The molecule has 1 aromatic rings. The van der Waals surface area contributed by atoms with Crippen LogP contribution in [0.3, 0.4) is 0 Å². The normalized spacial score (nSPS) is 23.3. The zero-order valence-electron chi connectivity index (χ0n) is 12.1. The van der Waals surface area contributed by atoms with Gasteiger partial charge in [0.05, 0.1) is 17.3 Å². The molecule has 7 heteroatoms. The molecule has 120 valence electrons. The molecule has 0 bridgehead atoms. The third-order valence-corrected chi connectivity index (χ3v) is 7.37. The predicted molar refractivity (Wildman–Crippen MR) is 86.6 cm³/mol. The van der Waals surface area contributed by atoms with Crippen LogP contribution in [0.4, 0.5) is 10.1 Å². The molecule has 22 heavy (non-hydrogen) atoms. The highest BCUT2D eigenvalue weighted by molar-refractivity contribution is 8.02. The highest BCUT2D eigenvalue weighted by Crippen LogP contribution is 2.30. The second-order valence-electron chi connectivity index (χ2n) is 5.76. The van der Waals surface area contributed by atoms with Crippen LogP contribution in [0.5, 0.6) is 0 Å². The number of aryl methyl sites for hydroxylation is 1. The first-order valence-electron chi connectivity index (χ1n) is 7.35. The van der Waals surface area contributed by atoms with Gasteiger partial charge in [-0.15, -0.1) is 11.8 Å². The number of nitrogens with zero attached hydrogens (tertiary/aromatic N) is 1. The Labute approximate surface area is 134 Å². The number of amides is 1. The number of thioether (sulfide) groups is 1. The minimum absolute atomic E-state index is 0.00530. The Morgan fingerprint density at radius 1 is 1.41 bits per heavy atom. The van der Waals surface area contributed by atoms with Crippen LogP contribution in [0.15, 0.2) is 18.2 Å². The summed E-state index contributed by atoms with van der Waals surface area (Å²) in [5.74, 6) is 0.219. The van der Waals surface area contributed by atoms with E-state index in [1.54, 1.807) is 11.0 Å². The van der Waals surface area contributed by atoms with Crippen molar-refractivity contribution in [2.75, 3.05) is 28.7 Å². The van der Waals surface area contributed by atoms with Crippen molar-refractivity contribution in [1.82, 2.24) is 0 Å². The summed E-state index contributed by atoms with van der Waals surface area (Å²) < 4.78 is 36.3. The SMILES string of the molecule is O=C(CSC1CCS(=O)(=O)C1)N1CCCc2ccc(F)cc21. The van der Waals surface area contributed by atoms with Gasteiger partial charge >= 0.3 is 0 Å². The first-order chi connectivity index (χ1) is 10.4. The topological polar surface area (TPSA) is 54.5 Å². The molecule has 2 heterocycles. The molecule has 1 saturated heterocycles. The molecule has 0 N–H and O–H groups in total. The van der Waals surface area contributed by atoms with Gasteiger partial charge in [0.15, 0.2) is 9.84 Å². The van der Waals surface area contributed by atoms with Gasteiger partial charge < -0.3 is 4.90 Å². The van der Waals surface area contributed by atoms with Gasteiger partial charge in [0, 0.05) is 17.5 Å². The average Bonchev–Trinajstić information content (AvgIpc) is 2.83. The smallest absolute Gasteiger partial charge is 0.236 e. The number of carbonyl (C=O) groups is 1. The quantitative estimate of drug-likeness (QED) is 0.843. The van der Waals surface area contributed by atoms with E-state index in [4.69, 9.17) is 0 Å². The minimum atomic E-state index is -2.92. The van der Waals surface area contributed by atoms with E-state index in [1.165, 1.54) is 23.9 Å². The number of hydrogen-bond donors (Lipinski definition) is 0. The van der Waals surface area contributed by atoms with E-state index in [9.17, 15) is 17.6 Å². The zero-order chi connectivity index (χ0) is 15.7. The van der Waals surface area contributed by atoms with E-state index < -0.39 is 9.84 Å². The minimum Gasteiger partial charge on any atom is -0.311 e. The summed E-state index contributed by atoms with van der Waals surface area (Å²) in [6.07, 6.45) is 2.34. The molecule has 1 unspecified atom stereocenters. The van der Waals surface area contributed by atoms with E-state index in [1.807, 2.05) is 0 Å². The molecular formula is C15H18FNO3S2. The lowest BCUT2D eigenvalue weighted by atomic mass is 10.0. The first kappa shape index (κ1) is 15.8. The number of sulfone groups is 1.